The summed E-state index contributed by atoms with van der Waals surface area (Å²) in [6.07, 6.45) is 5.28. The zero-order chi connectivity index (χ0) is 17.3. The molecular formula is C17H29N5O2. The first-order chi connectivity index (χ1) is 11.6. The Hall–Kier alpha value is -1.63. The molecule has 0 aromatic carbocycles. The maximum absolute atomic E-state index is 12.6. The molecule has 7 nitrogen and oxygen atoms in total. The van der Waals surface area contributed by atoms with Crippen molar-refractivity contribution in [2.45, 2.75) is 71.2 Å². The number of hydrogen-bond acceptors (Lipinski definition) is 4. The predicted octanol–water partition coefficient (Wildman–Crippen LogP) is 1.96. The Balaban J connectivity index is 1.60. The Kier molecular flexibility index (Phi) is 4.80. The molecule has 7 heteroatoms. The molecule has 1 aliphatic heterocycles. The van der Waals surface area contributed by atoms with Crippen LogP contribution in [0.25, 0.3) is 0 Å². The Bertz CT molecular complexity index is 596. The molecule has 2 atom stereocenters. The highest BCUT2D eigenvalue weighted by atomic mass is 16.5. The van der Waals surface area contributed by atoms with Gasteiger partial charge in [-0.05, 0) is 25.7 Å². The maximum atomic E-state index is 12.6. The van der Waals surface area contributed by atoms with E-state index in [9.17, 15) is 4.79 Å². The Labute approximate surface area is 143 Å². The van der Waals surface area contributed by atoms with Crippen molar-refractivity contribution in [3.8, 4) is 0 Å². The molecule has 0 bridgehead atoms. The van der Waals surface area contributed by atoms with Crippen LogP contribution in [-0.4, -0.2) is 52.0 Å². The summed E-state index contributed by atoms with van der Waals surface area (Å²) in [6, 6.07) is 0.178. The Morgan fingerprint density at radius 2 is 2.17 bits per heavy atom. The van der Waals surface area contributed by atoms with Crippen LogP contribution in [0.4, 0.5) is 4.79 Å². The molecule has 1 aromatic rings. The molecule has 2 heterocycles. The van der Waals surface area contributed by atoms with E-state index >= 15 is 0 Å². The lowest BCUT2D eigenvalue weighted by atomic mass is 9.58. The first kappa shape index (κ1) is 17.2. The van der Waals surface area contributed by atoms with Gasteiger partial charge in [0.05, 0.1) is 12.6 Å². The van der Waals surface area contributed by atoms with E-state index in [2.05, 4.69) is 33.9 Å². The summed E-state index contributed by atoms with van der Waals surface area (Å²) in [7, 11) is 3.66. The third-order valence-electron chi connectivity index (χ3n) is 6.21. The molecule has 3 rings (SSSR count). The topological polar surface area (TPSA) is 72.3 Å². The van der Waals surface area contributed by atoms with Crippen LogP contribution in [-0.2, 0) is 24.2 Å². The van der Waals surface area contributed by atoms with E-state index in [0.29, 0.717) is 6.54 Å². The molecule has 0 saturated heterocycles. The second-order valence-electron chi connectivity index (χ2n) is 6.97. The summed E-state index contributed by atoms with van der Waals surface area (Å²) in [6.45, 7) is 5.76. The molecule has 1 fully saturated rings. The third kappa shape index (κ3) is 2.59. The number of aryl methyl sites for hydroxylation is 1. The minimum Gasteiger partial charge on any atom is -0.381 e. The van der Waals surface area contributed by atoms with Gasteiger partial charge in [-0.3, -0.25) is 0 Å². The van der Waals surface area contributed by atoms with Crippen molar-refractivity contribution in [3.63, 3.8) is 0 Å². The number of fused-ring (bicyclic) bond motifs is 1. The fourth-order valence-corrected chi connectivity index (χ4v) is 4.54. The summed E-state index contributed by atoms with van der Waals surface area (Å²) in [5, 5.41) is 11.4. The molecule has 1 aromatic heterocycles. The van der Waals surface area contributed by atoms with Crippen LogP contribution in [0.5, 0.6) is 0 Å². The van der Waals surface area contributed by atoms with Crippen LogP contribution in [0.3, 0.4) is 0 Å². The molecule has 2 amide bonds. The van der Waals surface area contributed by atoms with Crippen molar-refractivity contribution in [2.75, 3.05) is 14.2 Å². The van der Waals surface area contributed by atoms with Gasteiger partial charge in [-0.15, -0.1) is 10.2 Å². The van der Waals surface area contributed by atoms with Crippen molar-refractivity contribution in [3.05, 3.63) is 11.6 Å². The number of nitrogens with one attached hydrogen (secondary N) is 1. The minimum atomic E-state index is -0.0452. The highest BCUT2D eigenvalue weighted by molar-refractivity contribution is 5.74. The molecule has 0 radical (unpaired) electrons. The van der Waals surface area contributed by atoms with E-state index in [1.807, 2.05) is 11.9 Å². The first-order valence-electron chi connectivity index (χ1n) is 9.01. The Morgan fingerprint density at radius 3 is 2.83 bits per heavy atom. The van der Waals surface area contributed by atoms with Crippen molar-refractivity contribution in [1.29, 1.82) is 0 Å². The maximum Gasteiger partial charge on any atom is 0.317 e. The van der Waals surface area contributed by atoms with Gasteiger partial charge in [0, 0.05) is 38.6 Å². The highest BCUT2D eigenvalue weighted by Gasteiger charge is 2.55. The fraction of sp³-hybridized carbons (Fsp3) is 0.824. The normalized spacial score (nSPS) is 24.3. The van der Waals surface area contributed by atoms with Gasteiger partial charge in [-0.2, -0.15) is 0 Å². The molecule has 1 aliphatic carbocycles. The number of nitrogens with zero attached hydrogens (tertiary/aromatic N) is 4. The van der Waals surface area contributed by atoms with Crippen LogP contribution in [0, 0.1) is 5.41 Å². The third-order valence-corrected chi connectivity index (χ3v) is 6.21. The van der Waals surface area contributed by atoms with Crippen molar-refractivity contribution in [1.82, 2.24) is 25.0 Å². The molecule has 0 spiro atoms. The van der Waals surface area contributed by atoms with E-state index in [1.54, 1.807) is 7.11 Å². The number of hydrogen-bond donors (Lipinski definition) is 1. The molecule has 24 heavy (non-hydrogen) atoms. The van der Waals surface area contributed by atoms with Gasteiger partial charge >= 0.3 is 6.03 Å². The number of methoxy groups -OCH3 is 1. The fourth-order valence-electron chi connectivity index (χ4n) is 4.54. The van der Waals surface area contributed by atoms with Gasteiger partial charge in [-0.25, -0.2) is 4.79 Å². The van der Waals surface area contributed by atoms with Crippen LogP contribution < -0.4 is 5.32 Å². The number of carbonyl (C=O) groups excluding carboxylic acids is 1. The number of rotatable bonds is 6. The molecule has 1 saturated carbocycles. The van der Waals surface area contributed by atoms with Gasteiger partial charge in [0.15, 0.2) is 5.82 Å². The summed E-state index contributed by atoms with van der Waals surface area (Å²) in [5.41, 5.74) is 0.0664. The van der Waals surface area contributed by atoms with E-state index in [1.165, 1.54) is 0 Å². The van der Waals surface area contributed by atoms with Crippen LogP contribution in [0.1, 0.15) is 51.2 Å². The number of ether oxygens (including phenoxy) is 1. The largest absolute Gasteiger partial charge is 0.381 e. The zero-order valence-electron chi connectivity index (χ0n) is 15.2. The summed E-state index contributed by atoms with van der Waals surface area (Å²) in [4.78, 5) is 14.5. The van der Waals surface area contributed by atoms with E-state index in [0.717, 1.165) is 50.3 Å². The minimum absolute atomic E-state index is 0.0452. The lowest BCUT2D eigenvalue weighted by Crippen LogP contribution is -2.65. The second-order valence-corrected chi connectivity index (χ2v) is 6.97. The standard InChI is InChI=1S/C17H29N5O2/c1-5-17(6-2)12(10-13(17)24-4)21(3)16(23)18-11-15-20-19-14-8-7-9-22(14)15/h12-13H,5-11H2,1-4H3,(H,18,23)/t12-,13-/m0/s1. The lowest BCUT2D eigenvalue weighted by molar-refractivity contribution is -0.146. The van der Waals surface area contributed by atoms with Crippen molar-refractivity contribution >= 4 is 6.03 Å². The van der Waals surface area contributed by atoms with Crippen LogP contribution >= 0.6 is 0 Å². The van der Waals surface area contributed by atoms with Gasteiger partial charge in [0.25, 0.3) is 0 Å². The highest BCUT2D eigenvalue weighted by Crippen LogP contribution is 2.50. The van der Waals surface area contributed by atoms with Gasteiger partial charge in [-0.1, -0.05) is 13.8 Å². The predicted molar refractivity (Wildman–Crippen MR) is 90.6 cm³/mol. The first-order valence-corrected chi connectivity index (χ1v) is 9.01. The van der Waals surface area contributed by atoms with Crippen molar-refractivity contribution < 1.29 is 9.53 Å². The zero-order valence-corrected chi connectivity index (χ0v) is 15.2. The average Bonchev–Trinajstić information content (AvgIpc) is 3.17. The number of amides is 2. The van der Waals surface area contributed by atoms with Crippen LogP contribution in [0.15, 0.2) is 0 Å². The van der Waals surface area contributed by atoms with Crippen LogP contribution in [0.2, 0.25) is 0 Å². The lowest BCUT2D eigenvalue weighted by Gasteiger charge is -2.57. The quantitative estimate of drug-likeness (QED) is 0.862. The van der Waals surface area contributed by atoms with Gasteiger partial charge in [0.2, 0.25) is 0 Å². The SMILES string of the molecule is CCC1(CC)[C@@H](OC)C[C@@H]1N(C)C(=O)NCc1nnc2n1CCC2. The number of carbonyl (C=O) groups is 1. The second kappa shape index (κ2) is 6.70. The van der Waals surface area contributed by atoms with E-state index in [4.69, 9.17) is 4.74 Å². The summed E-state index contributed by atoms with van der Waals surface area (Å²) >= 11 is 0. The van der Waals surface area contributed by atoms with E-state index < -0.39 is 0 Å². The Morgan fingerprint density at radius 1 is 1.42 bits per heavy atom. The monoisotopic (exact) mass is 335 g/mol. The number of aromatic nitrogens is 3. The van der Waals surface area contributed by atoms with Gasteiger partial charge < -0.3 is 19.5 Å². The summed E-state index contributed by atoms with van der Waals surface area (Å²) < 4.78 is 7.75. The molecule has 1 N–H and O–H groups in total. The average molecular weight is 335 g/mol. The molecule has 134 valence electrons. The van der Waals surface area contributed by atoms with E-state index in [-0.39, 0.29) is 23.6 Å². The number of urea groups is 1. The van der Waals surface area contributed by atoms with Gasteiger partial charge in [0.1, 0.15) is 5.82 Å². The smallest absolute Gasteiger partial charge is 0.317 e. The molecule has 0 unspecified atom stereocenters. The molecule has 2 aliphatic rings. The van der Waals surface area contributed by atoms with Crippen molar-refractivity contribution in [2.24, 2.45) is 5.41 Å². The summed E-state index contributed by atoms with van der Waals surface area (Å²) in [5.74, 6) is 1.88. The molecular weight excluding hydrogens is 306 g/mol.